The lowest BCUT2D eigenvalue weighted by Crippen LogP contribution is -2.02. The quantitative estimate of drug-likeness (QED) is 0.385. The molecule has 3 aromatic rings. The molecule has 0 saturated carbocycles. The predicted molar refractivity (Wildman–Crippen MR) is 91.1 cm³/mol. The van der Waals surface area contributed by atoms with E-state index in [0.717, 1.165) is 16.3 Å². The van der Waals surface area contributed by atoms with Crippen molar-refractivity contribution < 1.29 is 9.63 Å². The van der Waals surface area contributed by atoms with E-state index in [-0.39, 0.29) is 0 Å². The molecule has 0 unspecified atom stereocenters. The van der Waals surface area contributed by atoms with Crippen molar-refractivity contribution in [3.8, 4) is 0 Å². The third-order valence-corrected chi connectivity index (χ3v) is 3.94. The maximum absolute atomic E-state index is 12.0. The molecular formula is C18H12BrNO2. The van der Waals surface area contributed by atoms with Gasteiger partial charge in [-0.05, 0) is 38.8 Å². The highest BCUT2D eigenvalue weighted by molar-refractivity contribution is 9.10. The third-order valence-electron chi connectivity index (χ3n) is 3.24. The molecule has 0 amide bonds. The van der Waals surface area contributed by atoms with Crippen molar-refractivity contribution in [2.75, 3.05) is 0 Å². The van der Waals surface area contributed by atoms with E-state index < -0.39 is 5.97 Å². The van der Waals surface area contributed by atoms with Crippen LogP contribution in [0.2, 0.25) is 0 Å². The summed E-state index contributed by atoms with van der Waals surface area (Å²) >= 11 is 3.31. The summed E-state index contributed by atoms with van der Waals surface area (Å²) in [5, 5.41) is 5.99. The smallest absolute Gasteiger partial charge is 0.313 e. The van der Waals surface area contributed by atoms with E-state index in [0.29, 0.717) is 10.0 Å². The van der Waals surface area contributed by atoms with Crippen molar-refractivity contribution in [2.24, 2.45) is 5.16 Å². The van der Waals surface area contributed by atoms with E-state index in [1.54, 1.807) is 24.4 Å². The summed E-state index contributed by atoms with van der Waals surface area (Å²) in [6.07, 6.45) is 1.55. The van der Waals surface area contributed by atoms with Gasteiger partial charge in [0.15, 0.2) is 0 Å². The topological polar surface area (TPSA) is 38.7 Å². The molecule has 0 aliphatic carbocycles. The molecule has 108 valence electrons. The highest BCUT2D eigenvalue weighted by Crippen LogP contribution is 2.18. The standard InChI is InChI=1S/C18H12BrNO2/c19-17-11-4-3-10-16(17)18(21)22-20-12-14-8-5-7-13-6-1-2-9-15(13)14/h1-12H/b20-12-. The lowest BCUT2D eigenvalue weighted by molar-refractivity contribution is 0.0518. The Morgan fingerprint density at radius 1 is 0.955 bits per heavy atom. The fourth-order valence-corrected chi connectivity index (χ4v) is 2.62. The average Bonchev–Trinajstić information content (AvgIpc) is 2.55. The summed E-state index contributed by atoms with van der Waals surface area (Å²) in [7, 11) is 0. The zero-order chi connectivity index (χ0) is 15.4. The van der Waals surface area contributed by atoms with E-state index in [4.69, 9.17) is 4.84 Å². The van der Waals surface area contributed by atoms with Crippen molar-refractivity contribution in [3.05, 3.63) is 82.3 Å². The lowest BCUT2D eigenvalue weighted by Gasteiger charge is -2.02. The number of benzene rings is 3. The molecule has 0 saturated heterocycles. The van der Waals surface area contributed by atoms with Crippen molar-refractivity contribution in [2.45, 2.75) is 0 Å². The summed E-state index contributed by atoms with van der Waals surface area (Å²) in [5.74, 6) is -0.496. The van der Waals surface area contributed by atoms with E-state index in [1.165, 1.54) is 0 Å². The maximum atomic E-state index is 12.0. The Morgan fingerprint density at radius 3 is 2.55 bits per heavy atom. The number of nitrogens with zero attached hydrogens (tertiary/aromatic N) is 1. The van der Waals surface area contributed by atoms with Crippen LogP contribution < -0.4 is 0 Å². The van der Waals surface area contributed by atoms with Crippen LogP contribution in [0, 0.1) is 0 Å². The minimum atomic E-state index is -0.496. The van der Waals surface area contributed by atoms with Crippen LogP contribution in [0.5, 0.6) is 0 Å². The van der Waals surface area contributed by atoms with Gasteiger partial charge in [0, 0.05) is 10.0 Å². The molecular weight excluding hydrogens is 342 g/mol. The van der Waals surface area contributed by atoms with E-state index in [1.807, 2.05) is 48.5 Å². The van der Waals surface area contributed by atoms with Crippen LogP contribution in [-0.2, 0) is 4.84 Å². The van der Waals surface area contributed by atoms with Gasteiger partial charge < -0.3 is 4.84 Å². The van der Waals surface area contributed by atoms with E-state index >= 15 is 0 Å². The Hall–Kier alpha value is -2.46. The number of oxime groups is 1. The first-order chi connectivity index (χ1) is 10.8. The molecule has 0 aliphatic heterocycles. The second-order valence-electron chi connectivity index (χ2n) is 4.66. The number of carbonyl (C=O) groups is 1. The minimum Gasteiger partial charge on any atom is -0.313 e. The highest BCUT2D eigenvalue weighted by Gasteiger charge is 2.10. The van der Waals surface area contributed by atoms with Crippen LogP contribution in [-0.4, -0.2) is 12.2 Å². The summed E-state index contributed by atoms with van der Waals surface area (Å²) in [6, 6.07) is 21.0. The molecule has 0 fully saturated rings. The van der Waals surface area contributed by atoms with Gasteiger partial charge in [-0.2, -0.15) is 0 Å². The minimum absolute atomic E-state index is 0.442. The molecule has 3 aromatic carbocycles. The van der Waals surface area contributed by atoms with Crippen LogP contribution in [0.1, 0.15) is 15.9 Å². The zero-order valence-corrected chi connectivity index (χ0v) is 13.2. The molecule has 0 atom stereocenters. The predicted octanol–water partition coefficient (Wildman–Crippen LogP) is 4.79. The van der Waals surface area contributed by atoms with Gasteiger partial charge in [0.2, 0.25) is 0 Å². The largest absolute Gasteiger partial charge is 0.366 e. The second kappa shape index (κ2) is 6.54. The molecule has 0 heterocycles. The molecule has 0 N–H and O–H groups in total. The highest BCUT2D eigenvalue weighted by atomic mass is 79.9. The number of halogens is 1. The van der Waals surface area contributed by atoms with Gasteiger partial charge in [0.05, 0.1) is 11.8 Å². The molecule has 0 spiro atoms. The molecule has 22 heavy (non-hydrogen) atoms. The maximum Gasteiger partial charge on any atom is 0.366 e. The fourth-order valence-electron chi connectivity index (χ4n) is 2.17. The number of rotatable bonds is 3. The molecule has 3 nitrogen and oxygen atoms in total. The van der Waals surface area contributed by atoms with Gasteiger partial charge >= 0.3 is 5.97 Å². The molecule has 3 rings (SSSR count). The summed E-state index contributed by atoms with van der Waals surface area (Å²) in [6.45, 7) is 0. The Morgan fingerprint density at radius 2 is 1.68 bits per heavy atom. The van der Waals surface area contributed by atoms with Crippen LogP contribution in [0.15, 0.2) is 76.4 Å². The fraction of sp³-hybridized carbons (Fsp3) is 0. The molecule has 0 aromatic heterocycles. The van der Waals surface area contributed by atoms with Crippen LogP contribution in [0.3, 0.4) is 0 Å². The Bertz CT molecular complexity index is 853. The van der Waals surface area contributed by atoms with E-state index in [2.05, 4.69) is 21.1 Å². The van der Waals surface area contributed by atoms with Gasteiger partial charge in [-0.15, -0.1) is 0 Å². The first kappa shape index (κ1) is 14.5. The van der Waals surface area contributed by atoms with Crippen molar-refractivity contribution in [3.63, 3.8) is 0 Å². The lowest BCUT2D eigenvalue weighted by atomic mass is 10.1. The molecule has 0 aliphatic rings. The number of fused-ring (bicyclic) bond motifs is 1. The summed E-state index contributed by atoms with van der Waals surface area (Å²) in [4.78, 5) is 16.9. The average molecular weight is 354 g/mol. The van der Waals surface area contributed by atoms with Gasteiger partial charge in [-0.1, -0.05) is 59.8 Å². The van der Waals surface area contributed by atoms with Gasteiger partial charge in [-0.25, -0.2) is 4.79 Å². The molecule has 0 radical (unpaired) electrons. The van der Waals surface area contributed by atoms with Crippen LogP contribution in [0.4, 0.5) is 0 Å². The van der Waals surface area contributed by atoms with Gasteiger partial charge in [0.1, 0.15) is 0 Å². The van der Waals surface area contributed by atoms with Gasteiger partial charge in [0.25, 0.3) is 0 Å². The number of hydrogen-bond donors (Lipinski definition) is 0. The van der Waals surface area contributed by atoms with E-state index in [9.17, 15) is 4.79 Å². The SMILES string of the molecule is O=C(O/N=C\c1cccc2ccccc12)c1ccccc1Br. The Labute approximate surface area is 136 Å². The first-order valence-electron chi connectivity index (χ1n) is 6.73. The van der Waals surface area contributed by atoms with Crippen LogP contribution >= 0.6 is 15.9 Å². The first-order valence-corrected chi connectivity index (χ1v) is 7.52. The van der Waals surface area contributed by atoms with Crippen LogP contribution in [0.25, 0.3) is 10.8 Å². The van der Waals surface area contributed by atoms with Gasteiger partial charge in [-0.3, -0.25) is 0 Å². The molecule has 0 bridgehead atoms. The summed E-state index contributed by atoms with van der Waals surface area (Å²) in [5.41, 5.74) is 1.34. The summed E-state index contributed by atoms with van der Waals surface area (Å²) < 4.78 is 0.681. The normalized spacial score (nSPS) is 11.0. The zero-order valence-electron chi connectivity index (χ0n) is 11.6. The van der Waals surface area contributed by atoms with Crippen molar-refractivity contribution in [1.82, 2.24) is 0 Å². The molecule has 4 heteroatoms. The third kappa shape index (κ3) is 3.07. The van der Waals surface area contributed by atoms with Crippen molar-refractivity contribution in [1.29, 1.82) is 0 Å². The monoisotopic (exact) mass is 353 g/mol. The number of carbonyl (C=O) groups excluding carboxylic acids is 1. The Kier molecular flexibility index (Phi) is 4.30. The van der Waals surface area contributed by atoms with Crippen molar-refractivity contribution >= 4 is 38.9 Å². The number of hydrogen-bond acceptors (Lipinski definition) is 3. The Balaban J connectivity index is 1.80. The second-order valence-corrected chi connectivity index (χ2v) is 5.52.